The minimum Gasteiger partial charge on any atom is -0.494 e. The van der Waals surface area contributed by atoms with Gasteiger partial charge in [0.25, 0.3) is 0 Å². The Morgan fingerprint density at radius 3 is 2.74 bits per heavy atom. The molecule has 2 aromatic heterocycles. The zero-order valence-corrected chi connectivity index (χ0v) is 21.4. The van der Waals surface area contributed by atoms with E-state index in [0.29, 0.717) is 45.7 Å². The number of hydrogen-bond acceptors (Lipinski definition) is 8. The molecule has 3 heterocycles. The molecule has 0 spiro atoms. The lowest BCUT2D eigenvalue weighted by Gasteiger charge is -2.43. The van der Waals surface area contributed by atoms with Crippen LogP contribution in [0.25, 0.3) is 22.2 Å². The predicted molar refractivity (Wildman–Crippen MR) is 148 cm³/mol. The van der Waals surface area contributed by atoms with Crippen LogP contribution in [0.1, 0.15) is 0 Å². The Kier molecular flexibility index (Phi) is 6.89. The van der Waals surface area contributed by atoms with Gasteiger partial charge in [-0.2, -0.15) is 0 Å². The zero-order valence-electron chi connectivity index (χ0n) is 21.4. The third-order valence-corrected chi connectivity index (χ3v) is 6.60. The maximum atomic E-state index is 13.9. The third kappa shape index (κ3) is 4.98. The fourth-order valence-corrected chi connectivity index (χ4v) is 4.53. The van der Waals surface area contributed by atoms with Crippen molar-refractivity contribution >= 4 is 40.0 Å². The van der Waals surface area contributed by atoms with Crippen LogP contribution in [-0.4, -0.2) is 66.1 Å². The number of rotatable bonds is 8. The summed E-state index contributed by atoms with van der Waals surface area (Å²) in [6, 6.07) is 12.1. The molecule has 0 unspecified atom stereocenters. The predicted octanol–water partition coefficient (Wildman–Crippen LogP) is 4.46. The second kappa shape index (κ2) is 10.4. The molecule has 9 nitrogen and oxygen atoms in total. The minimum atomic E-state index is -0.336. The molecule has 0 saturated carbocycles. The maximum Gasteiger partial charge on any atom is 0.247 e. The van der Waals surface area contributed by atoms with Crippen LogP contribution in [0, 0.1) is 5.82 Å². The van der Waals surface area contributed by atoms with Crippen molar-refractivity contribution < 1.29 is 13.9 Å². The van der Waals surface area contributed by atoms with E-state index in [0.717, 1.165) is 24.3 Å². The molecule has 4 aromatic rings. The van der Waals surface area contributed by atoms with Crippen molar-refractivity contribution in [2.24, 2.45) is 0 Å². The molecular formula is C28H28FN7O2. The van der Waals surface area contributed by atoms with Crippen LogP contribution in [0.3, 0.4) is 0 Å². The van der Waals surface area contributed by atoms with Crippen molar-refractivity contribution in [3.05, 3.63) is 73.3 Å². The number of methoxy groups -OCH3 is 1. The average Bonchev–Trinajstić information content (AvgIpc) is 2.90. The summed E-state index contributed by atoms with van der Waals surface area (Å²) in [5.74, 6) is 0.187. The monoisotopic (exact) mass is 513 g/mol. The minimum absolute atomic E-state index is 0.296. The largest absolute Gasteiger partial charge is 0.494 e. The van der Waals surface area contributed by atoms with Crippen LogP contribution >= 0.6 is 0 Å². The Labute approximate surface area is 220 Å². The van der Waals surface area contributed by atoms with Crippen LogP contribution < -0.4 is 20.3 Å². The highest BCUT2D eigenvalue weighted by Gasteiger charge is 2.29. The molecule has 10 heteroatoms. The molecule has 1 saturated heterocycles. The SMILES string of the molecule is C=CC(=O)Nc1cc(Nc2ncc3nccc(-c4cccc(F)c4)c3n2)c(OC)cc1N(C)C1CN(C)C1. The number of amides is 1. The van der Waals surface area contributed by atoms with Gasteiger partial charge in [0.2, 0.25) is 11.9 Å². The molecule has 1 aliphatic heterocycles. The number of fused-ring (bicyclic) bond motifs is 1. The van der Waals surface area contributed by atoms with Crippen molar-refractivity contribution in [3.8, 4) is 16.9 Å². The lowest BCUT2D eigenvalue weighted by atomic mass is 10.1. The number of likely N-dealkylation sites (tertiary alicyclic amines) is 1. The number of anilines is 4. The van der Waals surface area contributed by atoms with Crippen molar-refractivity contribution in [3.63, 3.8) is 0 Å². The van der Waals surface area contributed by atoms with E-state index in [2.05, 4.69) is 44.0 Å². The van der Waals surface area contributed by atoms with Crippen LogP contribution in [0.15, 0.2) is 67.5 Å². The Morgan fingerprint density at radius 1 is 1.21 bits per heavy atom. The van der Waals surface area contributed by atoms with Gasteiger partial charge < -0.3 is 25.2 Å². The molecular weight excluding hydrogens is 485 g/mol. The quantitative estimate of drug-likeness (QED) is 0.334. The zero-order chi connectivity index (χ0) is 26.8. The molecule has 0 radical (unpaired) electrons. The first kappa shape index (κ1) is 25.1. The molecule has 194 valence electrons. The number of nitrogens with zero attached hydrogens (tertiary/aromatic N) is 5. The number of nitrogens with one attached hydrogen (secondary N) is 2. The Balaban J connectivity index is 1.54. The van der Waals surface area contributed by atoms with Gasteiger partial charge in [-0.1, -0.05) is 18.7 Å². The number of halogens is 1. The van der Waals surface area contributed by atoms with E-state index in [1.165, 1.54) is 18.2 Å². The summed E-state index contributed by atoms with van der Waals surface area (Å²) in [5.41, 5.74) is 4.53. The van der Waals surface area contributed by atoms with E-state index >= 15 is 0 Å². The highest BCUT2D eigenvalue weighted by atomic mass is 19.1. The van der Waals surface area contributed by atoms with Gasteiger partial charge in [-0.3, -0.25) is 9.78 Å². The Hall–Kier alpha value is -4.57. The van der Waals surface area contributed by atoms with E-state index in [1.54, 1.807) is 37.7 Å². The number of aromatic nitrogens is 3. The number of benzene rings is 2. The van der Waals surface area contributed by atoms with Gasteiger partial charge >= 0.3 is 0 Å². The Morgan fingerprint density at radius 2 is 2.03 bits per heavy atom. The first-order valence-electron chi connectivity index (χ1n) is 12.1. The second-order valence-corrected chi connectivity index (χ2v) is 9.17. The summed E-state index contributed by atoms with van der Waals surface area (Å²) in [4.78, 5) is 30.1. The number of carbonyl (C=O) groups excluding carboxylic acids is 1. The van der Waals surface area contributed by atoms with Gasteiger partial charge in [0.1, 0.15) is 22.6 Å². The van der Waals surface area contributed by atoms with Gasteiger partial charge in [-0.05, 0) is 43.0 Å². The van der Waals surface area contributed by atoms with Gasteiger partial charge in [0.15, 0.2) is 0 Å². The van der Waals surface area contributed by atoms with Crippen LogP contribution in [0.5, 0.6) is 5.75 Å². The van der Waals surface area contributed by atoms with Crippen molar-refractivity contribution in [2.45, 2.75) is 6.04 Å². The van der Waals surface area contributed by atoms with Gasteiger partial charge in [-0.25, -0.2) is 14.4 Å². The number of ether oxygens (including phenoxy) is 1. The summed E-state index contributed by atoms with van der Waals surface area (Å²) < 4.78 is 19.6. The van der Waals surface area contributed by atoms with Gasteiger partial charge in [-0.15, -0.1) is 0 Å². The molecule has 38 heavy (non-hydrogen) atoms. The first-order chi connectivity index (χ1) is 18.4. The number of likely N-dealkylation sites (N-methyl/N-ethyl adjacent to an activating group) is 2. The molecule has 0 aliphatic carbocycles. The van der Waals surface area contributed by atoms with E-state index in [9.17, 15) is 9.18 Å². The molecule has 2 N–H and O–H groups in total. The van der Waals surface area contributed by atoms with E-state index < -0.39 is 0 Å². The summed E-state index contributed by atoms with van der Waals surface area (Å²) >= 11 is 0. The first-order valence-corrected chi connectivity index (χ1v) is 12.1. The summed E-state index contributed by atoms with van der Waals surface area (Å²) in [5, 5.41) is 6.12. The molecule has 1 aliphatic rings. The van der Waals surface area contributed by atoms with E-state index in [-0.39, 0.29) is 11.7 Å². The van der Waals surface area contributed by atoms with Crippen molar-refractivity contribution in [1.82, 2.24) is 19.9 Å². The van der Waals surface area contributed by atoms with Crippen molar-refractivity contribution in [1.29, 1.82) is 0 Å². The summed E-state index contributed by atoms with van der Waals surface area (Å²) in [7, 11) is 5.64. The fourth-order valence-electron chi connectivity index (χ4n) is 4.53. The third-order valence-electron chi connectivity index (χ3n) is 6.60. The second-order valence-electron chi connectivity index (χ2n) is 9.17. The molecule has 5 rings (SSSR count). The molecule has 1 amide bonds. The normalized spacial score (nSPS) is 13.6. The fraction of sp³-hybridized carbons (Fsp3) is 0.214. The van der Waals surface area contributed by atoms with Gasteiger partial charge in [0.05, 0.1) is 36.4 Å². The number of pyridine rings is 1. The standard InChI is InChI=1S/C28H28FN7O2/c1-5-26(37)32-21-12-22(25(38-4)13-24(21)36(3)19-15-35(2)16-19)33-28-31-14-23-27(34-28)20(9-10-30-23)17-7-6-8-18(29)11-17/h5-14,19H,1,15-16H2,2-4H3,(H,32,37)(H,31,33,34). The molecule has 0 atom stereocenters. The van der Waals surface area contributed by atoms with E-state index in [1.807, 2.05) is 19.2 Å². The summed E-state index contributed by atoms with van der Waals surface area (Å²) in [6.45, 7) is 5.41. The number of hydrogen-bond donors (Lipinski definition) is 2. The van der Waals surface area contributed by atoms with Gasteiger partial charge in [0, 0.05) is 38.0 Å². The average molecular weight is 514 g/mol. The van der Waals surface area contributed by atoms with Crippen LogP contribution in [0.4, 0.5) is 27.4 Å². The highest BCUT2D eigenvalue weighted by Crippen LogP contribution is 2.39. The van der Waals surface area contributed by atoms with Crippen molar-refractivity contribution in [2.75, 3.05) is 49.8 Å². The smallest absolute Gasteiger partial charge is 0.247 e. The Bertz CT molecular complexity index is 1520. The maximum absolute atomic E-state index is 13.9. The number of carbonyl (C=O) groups is 1. The summed E-state index contributed by atoms with van der Waals surface area (Å²) in [6.07, 6.45) is 4.48. The highest BCUT2D eigenvalue weighted by molar-refractivity contribution is 6.02. The lowest BCUT2D eigenvalue weighted by Crippen LogP contribution is -2.56. The molecule has 1 fully saturated rings. The lowest BCUT2D eigenvalue weighted by molar-refractivity contribution is -0.111. The van der Waals surface area contributed by atoms with Crippen LogP contribution in [0.2, 0.25) is 0 Å². The molecule has 2 aromatic carbocycles. The van der Waals surface area contributed by atoms with Crippen LogP contribution in [-0.2, 0) is 4.79 Å². The molecule has 0 bridgehead atoms. The topological polar surface area (TPSA) is 95.5 Å². The van der Waals surface area contributed by atoms with E-state index in [4.69, 9.17) is 9.72 Å².